The maximum atomic E-state index is 12.6. The van der Waals surface area contributed by atoms with Crippen LogP contribution in [0.15, 0.2) is 47.5 Å². The number of fused-ring (bicyclic) bond motifs is 1. The lowest BCUT2D eigenvalue weighted by atomic mass is 10.1. The number of nitrogen functional groups attached to an aromatic ring is 1. The standard InChI is InChI=1S/C27H35ClN6O3Si/c1-27(2,3)38(5,6)37-17-19-8-10-23(35)33(15-19)12-11-20-13-18(7-9-22(20)36-4)16-34-25-21(14-30-34)24(29)31-26(28)32-25/h7-10,13-15H,11-12,16-17H2,1-6H3,(H2,29,31,32). The van der Waals surface area contributed by atoms with Crippen molar-refractivity contribution in [3.8, 4) is 5.75 Å². The molecule has 9 nitrogen and oxygen atoms in total. The summed E-state index contributed by atoms with van der Waals surface area (Å²) in [5.74, 6) is 1.06. The van der Waals surface area contributed by atoms with Gasteiger partial charge in [-0.3, -0.25) is 4.79 Å². The predicted molar refractivity (Wildman–Crippen MR) is 153 cm³/mol. The molecule has 0 radical (unpaired) electrons. The first kappa shape index (κ1) is 27.8. The molecule has 0 amide bonds. The van der Waals surface area contributed by atoms with Crippen LogP contribution in [0.2, 0.25) is 23.4 Å². The lowest BCUT2D eigenvalue weighted by Crippen LogP contribution is -2.40. The van der Waals surface area contributed by atoms with Crippen molar-refractivity contribution in [3.05, 3.63) is 75.1 Å². The van der Waals surface area contributed by atoms with Crippen LogP contribution in [-0.4, -0.2) is 39.7 Å². The number of aromatic nitrogens is 5. The maximum absolute atomic E-state index is 12.6. The third kappa shape index (κ3) is 6.08. The summed E-state index contributed by atoms with van der Waals surface area (Å²) in [7, 11) is -0.248. The third-order valence-corrected chi connectivity index (χ3v) is 11.9. The van der Waals surface area contributed by atoms with Gasteiger partial charge in [-0.25, -0.2) is 9.67 Å². The zero-order valence-corrected chi connectivity index (χ0v) is 24.5. The third-order valence-electron chi connectivity index (χ3n) is 7.25. The SMILES string of the molecule is COc1ccc(Cn2ncc3c(N)nc(Cl)nc32)cc1CCn1cc(CO[Si](C)(C)C(C)(C)C)ccc1=O. The van der Waals surface area contributed by atoms with Crippen LogP contribution < -0.4 is 16.0 Å². The molecular formula is C27H35ClN6O3Si. The largest absolute Gasteiger partial charge is 0.496 e. The second-order valence-electron chi connectivity index (χ2n) is 10.9. The maximum Gasteiger partial charge on any atom is 0.250 e. The van der Waals surface area contributed by atoms with Crippen molar-refractivity contribution in [2.75, 3.05) is 12.8 Å². The molecule has 0 spiro atoms. The summed E-state index contributed by atoms with van der Waals surface area (Å²) in [6, 6.07) is 9.43. The van der Waals surface area contributed by atoms with E-state index in [9.17, 15) is 4.79 Å². The Balaban J connectivity index is 1.52. The zero-order chi connectivity index (χ0) is 27.7. The molecule has 0 aliphatic rings. The van der Waals surface area contributed by atoms with Crippen molar-refractivity contribution >= 4 is 36.8 Å². The minimum Gasteiger partial charge on any atom is -0.496 e. The monoisotopic (exact) mass is 554 g/mol. The average Bonchev–Trinajstić information content (AvgIpc) is 3.24. The van der Waals surface area contributed by atoms with Crippen LogP contribution >= 0.6 is 11.6 Å². The van der Waals surface area contributed by atoms with E-state index in [-0.39, 0.29) is 15.9 Å². The Morgan fingerprint density at radius 3 is 2.55 bits per heavy atom. The fourth-order valence-corrected chi connectivity index (χ4v) is 5.06. The van der Waals surface area contributed by atoms with Crippen molar-refractivity contribution in [2.24, 2.45) is 0 Å². The topological polar surface area (TPSA) is 110 Å². The molecule has 0 fully saturated rings. The Labute approximate surface area is 228 Å². The molecular weight excluding hydrogens is 520 g/mol. The first-order chi connectivity index (χ1) is 17.9. The summed E-state index contributed by atoms with van der Waals surface area (Å²) in [6.45, 7) is 12.6. The Kier molecular flexibility index (Phi) is 7.96. The summed E-state index contributed by atoms with van der Waals surface area (Å²) < 4.78 is 15.4. The molecule has 0 saturated heterocycles. The highest BCUT2D eigenvalue weighted by Crippen LogP contribution is 2.37. The molecule has 4 rings (SSSR count). The van der Waals surface area contributed by atoms with Gasteiger partial charge in [-0.2, -0.15) is 10.1 Å². The Hall–Kier alpha value is -3.21. The van der Waals surface area contributed by atoms with E-state index < -0.39 is 8.32 Å². The van der Waals surface area contributed by atoms with E-state index in [1.165, 1.54) is 0 Å². The molecule has 3 aromatic heterocycles. The minimum atomic E-state index is -1.89. The smallest absolute Gasteiger partial charge is 0.250 e. The number of nitrogens with two attached hydrogens (primary N) is 1. The van der Waals surface area contributed by atoms with Gasteiger partial charge in [-0.1, -0.05) is 32.9 Å². The van der Waals surface area contributed by atoms with Crippen LogP contribution in [0, 0.1) is 0 Å². The highest BCUT2D eigenvalue weighted by molar-refractivity contribution is 6.74. The molecule has 38 heavy (non-hydrogen) atoms. The number of benzene rings is 1. The van der Waals surface area contributed by atoms with Gasteiger partial charge in [0.1, 0.15) is 11.6 Å². The Morgan fingerprint density at radius 2 is 1.84 bits per heavy atom. The first-order valence-corrected chi connectivity index (χ1v) is 15.8. The zero-order valence-electron chi connectivity index (χ0n) is 22.8. The van der Waals surface area contributed by atoms with Crippen molar-refractivity contribution in [1.82, 2.24) is 24.3 Å². The number of anilines is 1. The van der Waals surface area contributed by atoms with Crippen molar-refractivity contribution in [1.29, 1.82) is 0 Å². The van der Waals surface area contributed by atoms with E-state index in [4.69, 9.17) is 26.5 Å². The van der Waals surface area contributed by atoms with Crippen LogP contribution in [0.3, 0.4) is 0 Å². The molecule has 0 bridgehead atoms. The van der Waals surface area contributed by atoms with Gasteiger partial charge in [0, 0.05) is 18.8 Å². The second-order valence-corrected chi connectivity index (χ2v) is 16.1. The van der Waals surface area contributed by atoms with Crippen LogP contribution in [0.4, 0.5) is 5.82 Å². The fraction of sp³-hybridized carbons (Fsp3) is 0.407. The van der Waals surface area contributed by atoms with Gasteiger partial charge >= 0.3 is 0 Å². The quantitative estimate of drug-likeness (QED) is 0.228. The number of pyridine rings is 1. The number of hydrogen-bond donors (Lipinski definition) is 1. The normalized spacial score (nSPS) is 12.3. The highest BCUT2D eigenvalue weighted by atomic mass is 35.5. The van der Waals surface area contributed by atoms with E-state index in [2.05, 4.69) is 55.0 Å². The van der Waals surface area contributed by atoms with Crippen LogP contribution in [0.25, 0.3) is 11.0 Å². The molecule has 0 aliphatic carbocycles. The number of methoxy groups -OCH3 is 1. The average molecular weight is 555 g/mol. The summed E-state index contributed by atoms with van der Waals surface area (Å²) in [5.41, 5.74) is 9.47. The van der Waals surface area contributed by atoms with Gasteiger partial charge in [0.05, 0.1) is 31.8 Å². The van der Waals surface area contributed by atoms with Crippen LogP contribution in [-0.2, 0) is 30.5 Å². The van der Waals surface area contributed by atoms with Crippen molar-refractivity contribution in [3.63, 3.8) is 0 Å². The molecule has 11 heteroatoms. The van der Waals surface area contributed by atoms with Gasteiger partial charge in [0.15, 0.2) is 14.0 Å². The van der Waals surface area contributed by atoms with E-state index >= 15 is 0 Å². The van der Waals surface area contributed by atoms with E-state index in [0.29, 0.717) is 43.0 Å². The molecule has 0 aliphatic heterocycles. The summed E-state index contributed by atoms with van der Waals surface area (Å²) in [6.07, 6.45) is 4.15. The Morgan fingerprint density at radius 1 is 1.11 bits per heavy atom. The lowest BCUT2D eigenvalue weighted by Gasteiger charge is -2.36. The molecule has 3 heterocycles. The number of hydrogen-bond acceptors (Lipinski definition) is 7. The Bertz CT molecular complexity index is 1510. The van der Waals surface area contributed by atoms with E-state index in [0.717, 1.165) is 22.4 Å². The summed E-state index contributed by atoms with van der Waals surface area (Å²) in [5, 5.41) is 5.27. The first-order valence-electron chi connectivity index (χ1n) is 12.5. The molecule has 0 unspecified atom stereocenters. The lowest BCUT2D eigenvalue weighted by molar-refractivity contribution is 0.275. The number of halogens is 1. The van der Waals surface area contributed by atoms with Crippen molar-refractivity contribution in [2.45, 2.75) is 65.0 Å². The van der Waals surface area contributed by atoms with Crippen molar-refractivity contribution < 1.29 is 9.16 Å². The van der Waals surface area contributed by atoms with E-state index in [1.54, 1.807) is 28.6 Å². The predicted octanol–water partition coefficient (Wildman–Crippen LogP) is 5.05. The minimum absolute atomic E-state index is 0.0478. The molecule has 0 saturated carbocycles. The van der Waals surface area contributed by atoms with Gasteiger partial charge < -0.3 is 19.5 Å². The van der Waals surface area contributed by atoms with Crippen LogP contribution in [0.1, 0.15) is 37.5 Å². The molecule has 2 N–H and O–H groups in total. The molecule has 1 aromatic carbocycles. The van der Waals surface area contributed by atoms with Gasteiger partial charge in [0.2, 0.25) is 5.28 Å². The fourth-order valence-electron chi connectivity index (χ4n) is 3.93. The molecule has 202 valence electrons. The molecule has 4 aromatic rings. The van der Waals surface area contributed by atoms with Gasteiger partial charge in [0.25, 0.3) is 5.56 Å². The number of rotatable bonds is 9. The number of nitrogens with zero attached hydrogens (tertiary/aromatic N) is 5. The number of aryl methyl sites for hydroxylation is 2. The van der Waals surface area contributed by atoms with Gasteiger partial charge in [-0.05, 0) is 65.0 Å². The van der Waals surface area contributed by atoms with Gasteiger partial charge in [-0.15, -0.1) is 0 Å². The summed E-state index contributed by atoms with van der Waals surface area (Å²) in [4.78, 5) is 20.9. The second kappa shape index (κ2) is 10.9. The molecule has 0 atom stereocenters. The highest BCUT2D eigenvalue weighted by Gasteiger charge is 2.37. The van der Waals surface area contributed by atoms with E-state index in [1.807, 2.05) is 24.4 Å². The number of ether oxygens (including phenoxy) is 1. The summed E-state index contributed by atoms with van der Waals surface area (Å²) >= 11 is 6.01. The van der Waals surface area contributed by atoms with Crippen LogP contribution in [0.5, 0.6) is 5.75 Å².